The van der Waals surface area contributed by atoms with Crippen LogP contribution in [-0.2, 0) is 11.2 Å². The molecule has 2 aromatic rings. The van der Waals surface area contributed by atoms with Crippen molar-refractivity contribution in [3.05, 3.63) is 41.7 Å². The monoisotopic (exact) mass is 299 g/mol. The van der Waals surface area contributed by atoms with Gasteiger partial charge in [-0.3, -0.25) is 0 Å². The second-order valence-corrected chi connectivity index (χ2v) is 5.63. The van der Waals surface area contributed by atoms with Crippen LogP contribution in [0.15, 0.2) is 24.7 Å². The molecule has 1 fully saturated rings. The van der Waals surface area contributed by atoms with E-state index in [0.29, 0.717) is 6.61 Å². The Morgan fingerprint density at radius 2 is 2.09 bits per heavy atom. The molecule has 0 bridgehead atoms. The number of hydrogen-bond donors (Lipinski definition) is 0. The highest BCUT2D eigenvalue weighted by atomic mass is 16.5. The van der Waals surface area contributed by atoms with Crippen LogP contribution in [0.1, 0.15) is 23.5 Å². The first kappa shape index (κ1) is 14.8. The Kier molecular flexibility index (Phi) is 4.58. The summed E-state index contributed by atoms with van der Waals surface area (Å²) in [5.74, 6) is 0.813. The lowest BCUT2D eigenvalue weighted by atomic mass is 10.1. The number of hydrogen-bond acceptors (Lipinski definition) is 6. The Hall–Kier alpha value is -2.08. The van der Waals surface area contributed by atoms with Crippen LogP contribution >= 0.6 is 0 Å². The van der Waals surface area contributed by atoms with Gasteiger partial charge in [0.1, 0.15) is 6.33 Å². The molecule has 1 unspecified atom stereocenters. The summed E-state index contributed by atoms with van der Waals surface area (Å²) < 4.78 is 5.87. The molecule has 0 aliphatic carbocycles. The van der Waals surface area contributed by atoms with E-state index < -0.39 is 0 Å². The lowest BCUT2D eigenvalue weighted by Crippen LogP contribution is -2.43. The van der Waals surface area contributed by atoms with Crippen LogP contribution in [0, 0.1) is 13.8 Å². The summed E-state index contributed by atoms with van der Waals surface area (Å²) in [6, 6.07) is 3.95. The summed E-state index contributed by atoms with van der Waals surface area (Å²) in [5.41, 5.74) is 3.07. The fourth-order valence-corrected chi connectivity index (χ4v) is 2.70. The average Bonchev–Trinajstić information content (AvgIpc) is 2.53. The lowest BCUT2D eigenvalue weighted by Gasteiger charge is -2.33. The fourth-order valence-electron chi connectivity index (χ4n) is 2.70. The van der Waals surface area contributed by atoms with Crippen molar-refractivity contribution in [3.63, 3.8) is 0 Å². The highest BCUT2D eigenvalue weighted by Crippen LogP contribution is 2.17. The molecule has 0 saturated carbocycles. The maximum absolute atomic E-state index is 5.87. The zero-order valence-electron chi connectivity index (χ0n) is 13.1. The minimum atomic E-state index is 0.188. The molecule has 0 radical (unpaired) electrons. The molecule has 3 heterocycles. The van der Waals surface area contributed by atoms with Crippen molar-refractivity contribution in [2.75, 3.05) is 24.6 Å². The summed E-state index contributed by atoms with van der Waals surface area (Å²) in [5, 5.41) is 0. The van der Waals surface area contributed by atoms with Crippen LogP contribution < -0.4 is 4.90 Å². The molecule has 1 aliphatic heterocycles. The van der Waals surface area contributed by atoms with E-state index >= 15 is 0 Å². The van der Waals surface area contributed by atoms with E-state index in [1.807, 2.05) is 26.0 Å². The van der Waals surface area contributed by atoms with Crippen LogP contribution in [0.25, 0.3) is 0 Å². The SMILES string of the molecule is Cc1cc(C)nc(N2CCOC(CCc3ccncn3)C2)n1. The van der Waals surface area contributed by atoms with Gasteiger partial charge in [0, 0.05) is 36.4 Å². The average molecular weight is 299 g/mol. The second-order valence-electron chi connectivity index (χ2n) is 5.63. The molecule has 0 spiro atoms. The van der Waals surface area contributed by atoms with Gasteiger partial charge >= 0.3 is 0 Å². The van der Waals surface area contributed by atoms with Crippen LogP contribution in [0.5, 0.6) is 0 Å². The molecule has 1 atom stereocenters. The summed E-state index contributed by atoms with van der Waals surface area (Å²) >= 11 is 0. The van der Waals surface area contributed by atoms with Gasteiger partial charge in [0.05, 0.1) is 12.7 Å². The standard InChI is InChI=1S/C16H21N5O/c1-12-9-13(2)20-16(19-12)21-7-8-22-15(10-21)4-3-14-5-6-17-11-18-14/h5-6,9,11,15H,3-4,7-8,10H2,1-2H3. The Balaban J connectivity index is 1.61. The molecule has 0 aromatic carbocycles. The van der Waals surface area contributed by atoms with Crippen LogP contribution in [0.2, 0.25) is 0 Å². The predicted molar refractivity (Wildman–Crippen MR) is 83.8 cm³/mol. The largest absolute Gasteiger partial charge is 0.375 e. The molecule has 2 aromatic heterocycles. The van der Waals surface area contributed by atoms with E-state index in [0.717, 1.165) is 49.0 Å². The molecular weight excluding hydrogens is 278 g/mol. The van der Waals surface area contributed by atoms with Gasteiger partial charge in [-0.05, 0) is 38.8 Å². The van der Waals surface area contributed by atoms with E-state index in [4.69, 9.17) is 4.74 Å². The first-order valence-electron chi connectivity index (χ1n) is 7.64. The molecule has 1 saturated heterocycles. The molecule has 22 heavy (non-hydrogen) atoms. The Labute approximate surface area is 130 Å². The molecule has 1 aliphatic rings. The third-order valence-electron chi connectivity index (χ3n) is 3.76. The van der Waals surface area contributed by atoms with Crippen molar-refractivity contribution in [1.29, 1.82) is 0 Å². The number of nitrogens with zero attached hydrogens (tertiary/aromatic N) is 5. The second kappa shape index (κ2) is 6.79. The Morgan fingerprint density at radius 1 is 1.27 bits per heavy atom. The van der Waals surface area contributed by atoms with Crippen molar-refractivity contribution in [2.45, 2.75) is 32.8 Å². The van der Waals surface area contributed by atoms with E-state index in [1.54, 1.807) is 12.5 Å². The molecule has 116 valence electrons. The predicted octanol–water partition coefficient (Wildman–Crippen LogP) is 1.72. The molecule has 6 heteroatoms. The number of rotatable bonds is 4. The van der Waals surface area contributed by atoms with Crippen LogP contribution in [-0.4, -0.2) is 45.7 Å². The van der Waals surface area contributed by atoms with Crippen molar-refractivity contribution in [1.82, 2.24) is 19.9 Å². The normalized spacial score (nSPS) is 18.5. The number of aromatic nitrogens is 4. The van der Waals surface area contributed by atoms with Crippen molar-refractivity contribution in [2.24, 2.45) is 0 Å². The highest BCUT2D eigenvalue weighted by Gasteiger charge is 2.22. The summed E-state index contributed by atoms with van der Waals surface area (Å²) in [6.45, 7) is 6.39. The van der Waals surface area contributed by atoms with Gasteiger partial charge in [-0.2, -0.15) is 0 Å². The van der Waals surface area contributed by atoms with Gasteiger partial charge < -0.3 is 9.64 Å². The Morgan fingerprint density at radius 3 is 2.82 bits per heavy atom. The maximum Gasteiger partial charge on any atom is 0.225 e. The van der Waals surface area contributed by atoms with Gasteiger partial charge in [-0.25, -0.2) is 19.9 Å². The highest BCUT2D eigenvalue weighted by molar-refractivity contribution is 5.33. The zero-order valence-corrected chi connectivity index (χ0v) is 13.1. The number of aryl methyl sites for hydroxylation is 3. The third-order valence-corrected chi connectivity index (χ3v) is 3.76. The minimum absolute atomic E-state index is 0.188. The summed E-state index contributed by atoms with van der Waals surface area (Å²) in [4.78, 5) is 19.5. The number of anilines is 1. The smallest absolute Gasteiger partial charge is 0.225 e. The van der Waals surface area contributed by atoms with Crippen LogP contribution in [0.4, 0.5) is 5.95 Å². The first-order valence-corrected chi connectivity index (χ1v) is 7.64. The number of ether oxygens (including phenoxy) is 1. The first-order chi connectivity index (χ1) is 10.7. The van der Waals surface area contributed by atoms with Gasteiger partial charge in [0.15, 0.2) is 0 Å². The van der Waals surface area contributed by atoms with E-state index in [1.165, 1.54) is 0 Å². The van der Waals surface area contributed by atoms with Gasteiger partial charge in [-0.15, -0.1) is 0 Å². The fraction of sp³-hybridized carbons (Fsp3) is 0.500. The van der Waals surface area contributed by atoms with Gasteiger partial charge in [0.2, 0.25) is 5.95 Å². The third kappa shape index (κ3) is 3.76. The molecular formula is C16H21N5O. The summed E-state index contributed by atoms with van der Waals surface area (Å²) in [6.07, 6.45) is 5.40. The maximum atomic E-state index is 5.87. The van der Waals surface area contributed by atoms with E-state index in [9.17, 15) is 0 Å². The Bertz CT molecular complexity index is 599. The van der Waals surface area contributed by atoms with Crippen LogP contribution in [0.3, 0.4) is 0 Å². The molecule has 3 rings (SSSR count). The van der Waals surface area contributed by atoms with Gasteiger partial charge in [-0.1, -0.05) is 0 Å². The van der Waals surface area contributed by atoms with Crippen molar-refractivity contribution < 1.29 is 4.74 Å². The minimum Gasteiger partial charge on any atom is -0.375 e. The van der Waals surface area contributed by atoms with Crippen molar-refractivity contribution >= 4 is 5.95 Å². The molecule has 0 amide bonds. The number of morpholine rings is 1. The quantitative estimate of drug-likeness (QED) is 0.856. The summed E-state index contributed by atoms with van der Waals surface area (Å²) in [7, 11) is 0. The molecule has 6 nitrogen and oxygen atoms in total. The molecule has 0 N–H and O–H groups in total. The van der Waals surface area contributed by atoms with Gasteiger partial charge in [0.25, 0.3) is 0 Å². The lowest BCUT2D eigenvalue weighted by molar-refractivity contribution is 0.0347. The topological polar surface area (TPSA) is 64.0 Å². The zero-order chi connectivity index (χ0) is 15.4. The van der Waals surface area contributed by atoms with E-state index in [-0.39, 0.29) is 6.10 Å². The van der Waals surface area contributed by atoms with Crippen molar-refractivity contribution in [3.8, 4) is 0 Å². The van der Waals surface area contributed by atoms with E-state index in [2.05, 4.69) is 24.8 Å².